The smallest absolute Gasteiger partial charge is 0.308 e. The second-order valence-corrected chi connectivity index (χ2v) is 19.3. The molecule has 74 heavy (non-hydrogen) atoms. The van der Waals surface area contributed by atoms with Crippen LogP contribution >= 0.6 is 0 Å². The molecule has 7 heteroatoms. The van der Waals surface area contributed by atoms with Gasteiger partial charge in [-0.05, 0) is 184 Å². The van der Waals surface area contributed by atoms with Crippen molar-refractivity contribution in [2.24, 2.45) is 0 Å². The minimum Gasteiger partial charge on any atom is -0.308 e. The summed E-state index contributed by atoms with van der Waals surface area (Å²) in [7, 11) is 0. The lowest BCUT2D eigenvalue weighted by Gasteiger charge is -2.19. The van der Waals surface area contributed by atoms with E-state index in [2.05, 4.69) is 164 Å². The monoisotopic (exact) mass is 962 g/mol. The highest BCUT2D eigenvalue weighted by molar-refractivity contribution is 6.14. The van der Waals surface area contributed by atoms with E-state index in [-0.39, 0.29) is 11.1 Å². The first-order valence-electron chi connectivity index (χ1n) is 24.5. The van der Waals surface area contributed by atoms with Gasteiger partial charge in [-0.3, -0.25) is 0 Å². The van der Waals surface area contributed by atoms with E-state index >= 15 is 0 Å². The molecular weight excluding hydrogens is 918 g/mol. The Balaban J connectivity index is 1.21. The van der Waals surface area contributed by atoms with Crippen molar-refractivity contribution in [2.45, 2.75) is 33.9 Å². The molecular formula is C67H45F3N4. The number of fused-ring (bicyclic) bond motifs is 6. The molecule has 0 N–H and O–H groups in total. The Labute approximate surface area is 426 Å². The van der Waals surface area contributed by atoms with E-state index in [1.54, 1.807) is 0 Å². The number of hydrogen-bond donors (Lipinski definition) is 0. The third kappa shape index (κ3) is 7.61. The van der Waals surface area contributed by atoms with Crippen LogP contribution in [0.4, 0.5) is 13.2 Å². The predicted octanol–water partition coefficient (Wildman–Crippen LogP) is 18.2. The zero-order valence-electron chi connectivity index (χ0n) is 41.0. The van der Waals surface area contributed by atoms with Crippen molar-refractivity contribution in [3.8, 4) is 79.1 Å². The van der Waals surface area contributed by atoms with Gasteiger partial charge in [-0.15, -0.1) is 0 Å². The van der Waals surface area contributed by atoms with E-state index in [1.807, 2.05) is 66.7 Å². The first-order valence-corrected chi connectivity index (χ1v) is 24.5. The molecule has 0 bridgehead atoms. The van der Waals surface area contributed by atoms with Crippen LogP contribution in [0.15, 0.2) is 200 Å². The zero-order chi connectivity index (χ0) is 51.0. The lowest BCUT2D eigenvalue weighted by Crippen LogP contribution is -2.07. The number of rotatable bonds is 7. The van der Waals surface area contributed by atoms with Gasteiger partial charge < -0.3 is 9.13 Å². The Morgan fingerprint density at radius 2 is 0.676 bits per heavy atom. The summed E-state index contributed by atoms with van der Waals surface area (Å²) < 4.78 is 48.5. The van der Waals surface area contributed by atoms with Crippen molar-refractivity contribution in [1.82, 2.24) is 9.13 Å². The fourth-order valence-corrected chi connectivity index (χ4v) is 11.1. The molecule has 0 saturated carbocycles. The molecule has 0 amide bonds. The minimum absolute atomic E-state index is 0.129. The Morgan fingerprint density at radius 3 is 0.973 bits per heavy atom. The van der Waals surface area contributed by atoms with Gasteiger partial charge in [0.25, 0.3) is 0 Å². The van der Waals surface area contributed by atoms with Gasteiger partial charge in [-0.25, -0.2) is 0 Å². The van der Waals surface area contributed by atoms with Crippen LogP contribution in [0.3, 0.4) is 0 Å². The van der Waals surface area contributed by atoms with E-state index in [0.717, 1.165) is 123 Å². The summed E-state index contributed by atoms with van der Waals surface area (Å²) >= 11 is 0. The average Bonchev–Trinajstić information content (AvgIpc) is 3.92. The van der Waals surface area contributed by atoms with Crippen LogP contribution in [0.1, 0.15) is 38.9 Å². The third-order valence-electron chi connectivity index (χ3n) is 14.8. The molecule has 2 aromatic heterocycles. The number of alkyl halides is 3. The summed E-state index contributed by atoms with van der Waals surface area (Å²) in [6.45, 7) is 8.38. The maximum Gasteiger partial charge on any atom is 0.416 e. The van der Waals surface area contributed by atoms with E-state index in [1.165, 1.54) is 6.07 Å². The van der Waals surface area contributed by atoms with Crippen LogP contribution in [0.5, 0.6) is 0 Å². The fourth-order valence-electron chi connectivity index (χ4n) is 11.1. The summed E-state index contributed by atoms with van der Waals surface area (Å²) in [5.74, 6) is 0. The second-order valence-electron chi connectivity index (χ2n) is 19.3. The number of benzene rings is 10. The summed E-state index contributed by atoms with van der Waals surface area (Å²) in [5.41, 5.74) is 17.0. The highest BCUT2D eigenvalue weighted by atomic mass is 19.4. The molecule has 0 atom stereocenters. The van der Waals surface area contributed by atoms with E-state index in [0.29, 0.717) is 22.5 Å². The summed E-state index contributed by atoms with van der Waals surface area (Å²) in [6, 6.07) is 70.3. The molecule has 0 aliphatic carbocycles. The molecule has 2 heterocycles. The van der Waals surface area contributed by atoms with Crippen LogP contribution in [0, 0.1) is 50.4 Å². The highest BCUT2D eigenvalue weighted by Gasteiger charge is 2.32. The Morgan fingerprint density at radius 1 is 0.351 bits per heavy atom. The van der Waals surface area contributed by atoms with Gasteiger partial charge in [0.1, 0.15) is 11.6 Å². The summed E-state index contributed by atoms with van der Waals surface area (Å²) in [6.07, 6.45) is -4.73. The zero-order valence-corrected chi connectivity index (χ0v) is 41.0. The van der Waals surface area contributed by atoms with Gasteiger partial charge in [0.2, 0.25) is 0 Å². The van der Waals surface area contributed by atoms with Crippen LogP contribution in [-0.4, -0.2) is 9.13 Å². The largest absolute Gasteiger partial charge is 0.416 e. The van der Waals surface area contributed by atoms with Crippen molar-refractivity contribution >= 4 is 43.6 Å². The van der Waals surface area contributed by atoms with Crippen molar-refractivity contribution in [1.29, 1.82) is 10.5 Å². The van der Waals surface area contributed by atoms with Crippen molar-refractivity contribution in [3.05, 3.63) is 239 Å². The SMILES string of the molecule is Cc1ccccc1-c1ccc2c(c1)c1cc(-c3ccccc3C)ccc1n2-c1cc(-c2cc(C#N)cc(C(F)(F)F)c2)cc(-n2c3ccc(-c4ccccc4C)cc3c3cc(-c4ccccc4C)ccc32)c1C#N. The maximum atomic E-state index is 14.8. The van der Waals surface area contributed by atoms with Crippen molar-refractivity contribution < 1.29 is 13.2 Å². The summed E-state index contributed by atoms with van der Waals surface area (Å²) in [4.78, 5) is 0. The Kier molecular flexibility index (Phi) is 10.9. The molecule has 0 aliphatic rings. The first-order chi connectivity index (χ1) is 35.9. The standard InChI is InChI=1S/C67H45F3N4/c1-40-13-5-9-17-52(40)45-21-25-61-56(32-45)57-33-46(53-18-10-6-14-41(53)2)22-26-62(57)73(61)65-36-50(49-29-44(38-71)30-51(31-49)67(68,69)70)37-66(60(65)39-72)74-63-27-23-47(54-19-11-7-15-42(54)3)34-58(63)59-35-48(24-28-64(59)74)55-20-12-8-16-43(55)4/h5-37H,1-4H3. The van der Waals surface area contributed by atoms with Crippen LogP contribution in [0.2, 0.25) is 0 Å². The van der Waals surface area contributed by atoms with E-state index in [9.17, 15) is 23.7 Å². The van der Waals surface area contributed by atoms with Crippen molar-refractivity contribution in [3.63, 3.8) is 0 Å². The Hall–Kier alpha value is -9.43. The number of nitriles is 2. The van der Waals surface area contributed by atoms with Crippen LogP contribution in [0.25, 0.3) is 111 Å². The topological polar surface area (TPSA) is 57.4 Å². The number of nitrogens with zero attached hydrogens (tertiary/aromatic N) is 4. The number of aryl methyl sites for hydroxylation is 4. The lowest BCUT2D eigenvalue weighted by atomic mass is 9.96. The quantitative estimate of drug-likeness (QED) is 0.160. The van der Waals surface area contributed by atoms with Gasteiger partial charge in [-0.1, -0.05) is 121 Å². The first kappa shape index (κ1) is 45.7. The third-order valence-corrected chi connectivity index (χ3v) is 14.8. The second kappa shape index (κ2) is 17.7. The molecule has 0 aliphatic heterocycles. The lowest BCUT2D eigenvalue weighted by molar-refractivity contribution is -0.137. The van der Waals surface area contributed by atoms with Crippen LogP contribution < -0.4 is 0 Å². The molecule has 12 aromatic rings. The number of hydrogen-bond acceptors (Lipinski definition) is 2. The molecule has 12 rings (SSSR count). The average molecular weight is 963 g/mol. The molecule has 4 nitrogen and oxygen atoms in total. The van der Waals surface area contributed by atoms with E-state index in [4.69, 9.17) is 0 Å². The molecule has 0 unspecified atom stereocenters. The molecule has 0 saturated heterocycles. The van der Waals surface area contributed by atoms with Crippen LogP contribution in [-0.2, 0) is 6.18 Å². The summed E-state index contributed by atoms with van der Waals surface area (Å²) in [5, 5.41) is 25.8. The normalized spacial score (nSPS) is 11.7. The van der Waals surface area contributed by atoms with Gasteiger partial charge >= 0.3 is 6.18 Å². The highest BCUT2D eigenvalue weighted by Crippen LogP contribution is 2.45. The molecule has 0 spiro atoms. The predicted molar refractivity (Wildman–Crippen MR) is 296 cm³/mol. The Bertz CT molecular complexity index is 3940. The fraction of sp³-hybridized carbons (Fsp3) is 0.0746. The molecule has 0 fully saturated rings. The van der Waals surface area contributed by atoms with Gasteiger partial charge in [0, 0.05) is 21.5 Å². The van der Waals surface area contributed by atoms with Gasteiger partial charge in [-0.2, -0.15) is 23.7 Å². The van der Waals surface area contributed by atoms with Gasteiger partial charge in [0.05, 0.1) is 50.6 Å². The van der Waals surface area contributed by atoms with E-state index < -0.39 is 11.7 Å². The maximum absolute atomic E-state index is 14.8. The number of aromatic nitrogens is 2. The minimum atomic E-state index is -4.73. The van der Waals surface area contributed by atoms with Gasteiger partial charge in [0.15, 0.2) is 0 Å². The number of halogens is 3. The molecule has 354 valence electrons. The molecule has 10 aromatic carbocycles. The molecule has 0 radical (unpaired) electrons. The van der Waals surface area contributed by atoms with Crippen molar-refractivity contribution in [2.75, 3.05) is 0 Å².